The van der Waals surface area contributed by atoms with E-state index in [4.69, 9.17) is 0 Å². The quantitative estimate of drug-likeness (QED) is 0.847. The van der Waals surface area contributed by atoms with Crippen molar-refractivity contribution < 1.29 is 4.79 Å². The smallest absolute Gasteiger partial charge is 0.254 e. The predicted molar refractivity (Wildman–Crippen MR) is 99.2 cm³/mol. The van der Waals surface area contributed by atoms with Gasteiger partial charge in [-0.1, -0.05) is 6.42 Å². The number of fused-ring (bicyclic) bond motifs is 1. The second kappa shape index (κ2) is 7.05. The molecule has 2 aliphatic heterocycles. The third-order valence-corrected chi connectivity index (χ3v) is 5.40. The molecule has 2 aromatic rings. The Morgan fingerprint density at radius 3 is 2.88 bits per heavy atom. The molecule has 1 amide bonds. The standard InChI is InChI=1S/C19H26N6O/c1-23(2)17-13-14(9-10-20-17)19(26)24-12-6-7-15(24)18-22-21-16-8-4-3-5-11-25(16)18/h9-10,13,15H,3-8,11-12H2,1-2H3/t15-/m0/s1. The van der Waals surface area contributed by atoms with Crippen LogP contribution in [0.5, 0.6) is 0 Å². The van der Waals surface area contributed by atoms with Crippen molar-refractivity contribution in [2.24, 2.45) is 0 Å². The highest BCUT2D eigenvalue weighted by Crippen LogP contribution is 2.33. The van der Waals surface area contributed by atoms with Gasteiger partial charge in [-0.2, -0.15) is 0 Å². The van der Waals surface area contributed by atoms with Crippen LogP contribution in [0, 0.1) is 0 Å². The van der Waals surface area contributed by atoms with Crippen molar-refractivity contribution in [1.29, 1.82) is 0 Å². The summed E-state index contributed by atoms with van der Waals surface area (Å²) in [7, 11) is 3.86. The summed E-state index contributed by atoms with van der Waals surface area (Å²) in [5.41, 5.74) is 0.686. The van der Waals surface area contributed by atoms with E-state index in [2.05, 4.69) is 19.7 Å². The summed E-state index contributed by atoms with van der Waals surface area (Å²) >= 11 is 0. The molecule has 26 heavy (non-hydrogen) atoms. The maximum absolute atomic E-state index is 13.2. The minimum Gasteiger partial charge on any atom is -0.363 e. The van der Waals surface area contributed by atoms with Gasteiger partial charge in [-0.15, -0.1) is 10.2 Å². The van der Waals surface area contributed by atoms with Crippen LogP contribution in [0.2, 0.25) is 0 Å². The highest BCUT2D eigenvalue weighted by Gasteiger charge is 2.35. The number of hydrogen-bond donors (Lipinski definition) is 0. The van der Waals surface area contributed by atoms with Gasteiger partial charge in [-0.25, -0.2) is 4.98 Å². The van der Waals surface area contributed by atoms with E-state index in [9.17, 15) is 4.79 Å². The van der Waals surface area contributed by atoms with Crippen molar-refractivity contribution in [1.82, 2.24) is 24.6 Å². The van der Waals surface area contributed by atoms with Crippen LogP contribution >= 0.6 is 0 Å². The van der Waals surface area contributed by atoms with Gasteiger partial charge in [0.15, 0.2) is 5.82 Å². The lowest BCUT2D eigenvalue weighted by molar-refractivity contribution is 0.0727. The molecule has 2 aliphatic rings. The molecular weight excluding hydrogens is 328 g/mol. The first kappa shape index (κ1) is 17.0. The van der Waals surface area contributed by atoms with E-state index in [1.54, 1.807) is 12.3 Å². The molecule has 0 aliphatic carbocycles. The third-order valence-electron chi connectivity index (χ3n) is 5.40. The van der Waals surface area contributed by atoms with Gasteiger partial charge in [0.25, 0.3) is 5.91 Å². The largest absolute Gasteiger partial charge is 0.363 e. The van der Waals surface area contributed by atoms with Crippen LogP contribution in [0.3, 0.4) is 0 Å². The summed E-state index contributed by atoms with van der Waals surface area (Å²) in [6.07, 6.45) is 8.23. The molecule has 1 atom stereocenters. The fourth-order valence-electron chi connectivity index (χ4n) is 3.99. The van der Waals surface area contributed by atoms with Gasteiger partial charge in [0.1, 0.15) is 11.6 Å². The van der Waals surface area contributed by atoms with Crippen molar-refractivity contribution in [3.63, 3.8) is 0 Å². The number of aromatic nitrogens is 4. The van der Waals surface area contributed by atoms with Crippen LogP contribution < -0.4 is 4.90 Å². The Kier molecular flexibility index (Phi) is 4.61. The topological polar surface area (TPSA) is 67.2 Å². The summed E-state index contributed by atoms with van der Waals surface area (Å²) in [5.74, 6) is 2.90. The Morgan fingerprint density at radius 1 is 1.15 bits per heavy atom. The molecule has 138 valence electrons. The molecule has 4 rings (SSSR count). The van der Waals surface area contributed by atoms with Crippen molar-refractivity contribution >= 4 is 11.7 Å². The number of nitrogens with zero attached hydrogens (tertiary/aromatic N) is 6. The molecule has 0 unspecified atom stereocenters. The van der Waals surface area contributed by atoms with E-state index in [0.29, 0.717) is 5.56 Å². The van der Waals surface area contributed by atoms with Gasteiger partial charge < -0.3 is 14.4 Å². The Balaban J connectivity index is 1.62. The summed E-state index contributed by atoms with van der Waals surface area (Å²) in [6.45, 7) is 1.74. The van der Waals surface area contributed by atoms with Crippen LogP contribution in [0.15, 0.2) is 18.3 Å². The van der Waals surface area contributed by atoms with Crippen molar-refractivity contribution in [2.75, 3.05) is 25.5 Å². The lowest BCUT2D eigenvalue weighted by atomic mass is 10.1. The average molecular weight is 354 g/mol. The maximum atomic E-state index is 13.2. The highest BCUT2D eigenvalue weighted by molar-refractivity contribution is 5.95. The number of pyridine rings is 1. The van der Waals surface area contributed by atoms with Gasteiger partial charge in [-0.3, -0.25) is 4.79 Å². The molecule has 1 fully saturated rings. The number of anilines is 1. The van der Waals surface area contributed by atoms with Crippen molar-refractivity contribution in [2.45, 2.75) is 51.1 Å². The highest BCUT2D eigenvalue weighted by atomic mass is 16.2. The first-order valence-electron chi connectivity index (χ1n) is 9.51. The van der Waals surface area contributed by atoms with E-state index < -0.39 is 0 Å². The molecule has 0 bridgehead atoms. The molecule has 0 saturated carbocycles. The first-order valence-corrected chi connectivity index (χ1v) is 9.51. The second-order valence-corrected chi connectivity index (χ2v) is 7.39. The van der Waals surface area contributed by atoms with Gasteiger partial charge in [-0.05, 0) is 37.8 Å². The Hall–Kier alpha value is -2.44. The minimum absolute atomic E-state index is 0.0258. The fourth-order valence-corrected chi connectivity index (χ4v) is 3.99. The van der Waals surface area contributed by atoms with E-state index in [-0.39, 0.29) is 11.9 Å². The van der Waals surface area contributed by atoms with Gasteiger partial charge in [0.05, 0.1) is 6.04 Å². The molecule has 7 nitrogen and oxygen atoms in total. The van der Waals surface area contributed by atoms with Crippen LogP contribution in [0.1, 0.15) is 60.2 Å². The average Bonchev–Trinajstić information content (AvgIpc) is 3.22. The van der Waals surface area contributed by atoms with Crippen LogP contribution in [0.25, 0.3) is 0 Å². The summed E-state index contributed by atoms with van der Waals surface area (Å²) in [6, 6.07) is 3.69. The van der Waals surface area contributed by atoms with Crippen LogP contribution in [-0.2, 0) is 13.0 Å². The maximum Gasteiger partial charge on any atom is 0.254 e. The lowest BCUT2D eigenvalue weighted by Gasteiger charge is -2.25. The number of carbonyl (C=O) groups is 1. The lowest BCUT2D eigenvalue weighted by Crippen LogP contribution is -2.32. The number of likely N-dealkylation sites (tertiary alicyclic amines) is 1. The van der Waals surface area contributed by atoms with Crippen molar-refractivity contribution in [3.8, 4) is 0 Å². The zero-order valence-electron chi connectivity index (χ0n) is 15.6. The molecule has 0 aromatic carbocycles. The zero-order chi connectivity index (χ0) is 18.1. The monoisotopic (exact) mass is 354 g/mol. The van der Waals surface area contributed by atoms with Crippen LogP contribution in [0.4, 0.5) is 5.82 Å². The molecule has 0 radical (unpaired) electrons. The van der Waals surface area contributed by atoms with Gasteiger partial charge >= 0.3 is 0 Å². The van der Waals surface area contributed by atoms with E-state index in [0.717, 1.165) is 56.2 Å². The van der Waals surface area contributed by atoms with Crippen molar-refractivity contribution in [3.05, 3.63) is 35.5 Å². The Labute approximate surface area is 154 Å². The third kappa shape index (κ3) is 3.06. The number of amides is 1. The number of hydrogen-bond acceptors (Lipinski definition) is 5. The molecule has 1 saturated heterocycles. The summed E-state index contributed by atoms with van der Waals surface area (Å²) in [4.78, 5) is 21.4. The normalized spacial score (nSPS) is 19.9. The van der Waals surface area contributed by atoms with Gasteiger partial charge in [0, 0.05) is 45.4 Å². The molecule has 7 heteroatoms. The fraction of sp³-hybridized carbons (Fsp3) is 0.579. The van der Waals surface area contributed by atoms with Gasteiger partial charge in [0.2, 0.25) is 0 Å². The first-order chi connectivity index (χ1) is 12.6. The summed E-state index contributed by atoms with van der Waals surface area (Å²) in [5, 5.41) is 8.92. The SMILES string of the molecule is CN(C)c1cc(C(=O)N2CCC[C@H]2c2nnc3n2CCCCC3)ccn1. The minimum atomic E-state index is 0.0258. The van der Waals surface area contributed by atoms with E-state index in [1.807, 2.05) is 30.0 Å². The number of aryl methyl sites for hydroxylation is 1. The molecule has 0 N–H and O–H groups in total. The zero-order valence-corrected chi connectivity index (χ0v) is 15.6. The number of carbonyl (C=O) groups excluding carboxylic acids is 1. The van der Waals surface area contributed by atoms with E-state index >= 15 is 0 Å². The predicted octanol–water partition coefficient (Wildman–Crippen LogP) is 2.44. The Bertz CT molecular complexity index is 799. The Morgan fingerprint density at radius 2 is 2.04 bits per heavy atom. The van der Waals surface area contributed by atoms with E-state index in [1.165, 1.54) is 12.8 Å². The molecule has 0 spiro atoms. The van der Waals surface area contributed by atoms with Crippen LogP contribution in [-0.4, -0.2) is 51.2 Å². The molecular formula is C19H26N6O. The molecule has 2 aromatic heterocycles. The molecule has 4 heterocycles. The second-order valence-electron chi connectivity index (χ2n) is 7.39. The summed E-state index contributed by atoms with van der Waals surface area (Å²) < 4.78 is 2.26. The number of rotatable bonds is 3.